The minimum atomic E-state index is -4.43. The molecule has 0 aromatic heterocycles. The first-order valence-electron chi connectivity index (χ1n) is 14.7. The van der Waals surface area contributed by atoms with Crippen LogP contribution in [0.15, 0.2) is 72.0 Å². The quantitative estimate of drug-likeness (QED) is 0.131. The van der Waals surface area contributed by atoms with E-state index < -0.39 is 47.7 Å². The molecule has 13 heteroatoms. The minimum Gasteiger partial charge on any atom is -0.481 e. The van der Waals surface area contributed by atoms with E-state index >= 15 is 4.39 Å². The number of carbonyl (C=O) groups is 3. The first-order valence-corrected chi connectivity index (χ1v) is 14.7. The Balaban J connectivity index is 0.000000332. The molecule has 48 heavy (non-hydrogen) atoms. The topological polar surface area (TPSA) is 114 Å². The van der Waals surface area contributed by atoms with Gasteiger partial charge in [-0.2, -0.15) is 13.2 Å². The van der Waals surface area contributed by atoms with Crippen molar-refractivity contribution in [2.45, 2.75) is 52.3 Å². The second kappa shape index (κ2) is 16.7. The van der Waals surface area contributed by atoms with Crippen molar-refractivity contribution in [2.75, 3.05) is 13.7 Å². The number of amides is 2. The van der Waals surface area contributed by atoms with E-state index in [9.17, 15) is 37.1 Å². The summed E-state index contributed by atoms with van der Waals surface area (Å²) in [7, 11) is 1.40. The third-order valence-corrected chi connectivity index (χ3v) is 7.33. The van der Waals surface area contributed by atoms with Crippen LogP contribution in [0.5, 0.6) is 11.5 Å². The molecular formula is C35H35F5N2O6. The summed E-state index contributed by atoms with van der Waals surface area (Å²) in [6.45, 7) is 4.91. The number of nitrogens with one attached hydrogen (secondary N) is 2. The molecule has 0 fully saturated rings. The third-order valence-electron chi connectivity index (χ3n) is 7.33. The van der Waals surface area contributed by atoms with Crippen molar-refractivity contribution in [3.63, 3.8) is 0 Å². The fraction of sp³-hybridized carbons (Fsp3) is 0.286. The summed E-state index contributed by atoms with van der Waals surface area (Å²) < 4.78 is 77.9. The van der Waals surface area contributed by atoms with Crippen LogP contribution in [0.3, 0.4) is 0 Å². The Labute approximate surface area is 274 Å². The Bertz CT molecular complexity index is 1720. The number of fused-ring (bicyclic) bond motifs is 6. The number of aliphatic carboxylic acids is 1. The highest BCUT2D eigenvalue weighted by atomic mass is 19.4. The van der Waals surface area contributed by atoms with Gasteiger partial charge in [0.05, 0.1) is 31.1 Å². The Kier molecular flexibility index (Phi) is 13.0. The largest absolute Gasteiger partial charge is 0.481 e. The highest BCUT2D eigenvalue weighted by molar-refractivity contribution is 5.81. The Morgan fingerprint density at radius 3 is 2.48 bits per heavy atom. The lowest BCUT2D eigenvalue weighted by Gasteiger charge is -2.21. The van der Waals surface area contributed by atoms with E-state index in [4.69, 9.17) is 9.47 Å². The molecule has 1 aliphatic rings. The summed E-state index contributed by atoms with van der Waals surface area (Å²) >= 11 is 0. The number of alkyl halides is 3. The van der Waals surface area contributed by atoms with Crippen molar-refractivity contribution in [2.24, 2.45) is 0 Å². The van der Waals surface area contributed by atoms with E-state index in [0.29, 0.717) is 34.6 Å². The molecule has 4 rings (SSSR count). The molecule has 256 valence electrons. The molecule has 0 aliphatic carbocycles. The summed E-state index contributed by atoms with van der Waals surface area (Å²) in [6, 6.07) is 11.6. The van der Waals surface area contributed by atoms with Crippen molar-refractivity contribution in [3.8, 4) is 22.6 Å². The van der Waals surface area contributed by atoms with E-state index in [1.807, 2.05) is 19.1 Å². The van der Waals surface area contributed by atoms with Crippen molar-refractivity contribution in [1.82, 2.24) is 10.6 Å². The van der Waals surface area contributed by atoms with Gasteiger partial charge in [0.1, 0.15) is 23.1 Å². The SMILES string of the molecule is C/C=C(\C(=C/NC=O)CCOC)C(F)(F)F.Cc1cc2cc(c1F)[C@H](CC(=O)O)NC(=O)Cc1cc(ccc1F)Oc1cccc(C)c1-2. The van der Waals surface area contributed by atoms with Gasteiger partial charge in [-0.15, -0.1) is 0 Å². The first-order chi connectivity index (χ1) is 22.7. The molecule has 3 N–H and O–H groups in total. The Morgan fingerprint density at radius 1 is 1.12 bits per heavy atom. The molecule has 1 atom stereocenters. The predicted molar refractivity (Wildman–Crippen MR) is 168 cm³/mol. The van der Waals surface area contributed by atoms with E-state index in [-0.39, 0.29) is 36.1 Å². The normalized spacial score (nSPS) is 14.9. The zero-order valence-electron chi connectivity index (χ0n) is 26.6. The van der Waals surface area contributed by atoms with Crippen LogP contribution in [0.25, 0.3) is 11.1 Å². The number of methoxy groups -OCH3 is 1. The summed E-state index contributed by atoms with van der Waals surface area (Å²) in [5.41, 5.74) is 1.85. The molecule has 0 saturated carbocycles. The molecule has 2 amide bonds. The molecule has 1 aliphatic heterocycles. The second-order valence-corrected chi connectivity index (χ2v) is 10.8. The maximum atomic E-state index is 15.1. The molecule has 3 aromatic carbocycles. The van der Waals surface area contributed by atoms with Gasteiger partial charge in [0, 0.05) is 30.0 Å². The number of hydrogen-bond acceptors (Lipinski definition) is 5. The molecule has 3 aromatic rings. The van der Waals surface area contributed by atoms with Gasteiger partial charge in [0.15, 0.2) is 0 Å². The predicted octanol–water partition coefficient (Wildman–Crippen LogP) is 7.39. The average Bonchev–Trinajstić information content (AvgIpc) is 3.01. The fourth-order valence-electron chi connectivity index (χ4n) is 5.16. The van der Waals surface area contributed by atoms with Crippen LogP contribution in [-0.2, 0) is 25.5 Å². The van der Waals surface area contributed by atoms with Gasteiger partial charge >= 0.3 is 12.1 Å². The highest BCUT2D eigenvalue weighted by Gasteiger charge is 2.35. The average molecular weight is 675 g/mol. The molecule has 0 radical (unpaired) electrons. The van der Waals surface area contributed by atoms with Crippen LogP contribution in [0, 0.1) is 25.5 Å². The van der Waals surface area contributed by atoms with Gasteiger partial charge < -0.3 is 25.2 Å². The van der Waals surface area contributed by atoms with Gasteiger partial charge in [-0.3, -0.25) is 14.4 Å². The summed E-state index contributed by atoms with van der Waals surface area (Å²) in [6.07, 6.45) is -2.90. The number of carboxylic acid groups (broad SMARTS) is 1. The Morgan fingerprint density at radius 2 is 1.85 bits per heavy atom. The number of ether oxygens (including phenoxy) is 2. The standard InChI is InChI=1S/C25H21F2NO4.C10H14F3NO2/c1-13-4-3-5-21-24(13)16-8-14(2)25(27)18(10-16)20(12-23(30)31)28-22(29)11-15-9-17(32-21)6-7-19(15)26;1-3-9(10(11,12)13)8(4-5-16-2)6-14-7-15/h3-10,20H,11-12H2,1-2H3,(H,28,29)(H,30,31);3,6-7H,4-5H2,1-2H3,(H,14,15)/b;8-6-,9-3+/t20-;/m0./s1. The number of allylic oxidation sites excluding steroid dienone is 2. The van der Waals surface area contributed by atoms with Gasteiger partial charge in [-0.05, 0) is 85.9 Å². The van der Waals surface area contributed by atoms with Crippen molar-refractivity contribution in [3.05, 3.63) is 106 Å². The summed E-state index contributed by atoms with van der Waals surface area (Å²) in [4.78, 5) is 34.2. The number of hydrogen-bond donors (Lipinski definition) is 3. The summed E-state index contributed by atoms with van der Waals surface area (Å²) in [5.74, 6) is -2.19. The molecule has 0 unspecified atom stereocenters. The lowest BCUT2D eigenvalue weighted by atomic mass is 9.92. The number of rotatable bonds is 8. The van der Waals surface area contributed by atoms with Crippen LogP contribution < -0.4 is 15.4 Å². The van der Waals surface area contributed by atoms with Crippen LogP contribution in [-0.4, -0.2) is 43.3 Å². The van der Waals surface area contributed by atoms with Gasteiger partial charge in [-0.25, -0.2) is 8.78 Å². The van der Waals surface area contributed by atoms with Crippen molar-refractivity contribution in [1.29, 1.82) is 0 Å². The molecule has 1 heterocycles. The molecule has 8 nitrogen and oxygen atoms in total. The van der Waals surface area contributed by atoms with Crippen molar-refractivity contribution >= 4 is 18.3 Å². The molecule has 0 saturated heterocycles. The minimum absolute atomic E-state index is 0.0102. The van der Waals surface area contributed by atoms with E-state index in [1.165, 1.54) is 32.2 Å². The fourth-order valence-corrected chi connectivity index (χ4v) is 5.16. The Hall–Kier alpha value is -5.04. The number of benzene rings is 3. The molecule has 0 spiro atoms. The van der Waals surface area contributed by atoms with Gasteiger partial charge in [0.2, 0.25) is 12.3 Å². The lowest BCUT2D eigenvalue weighted by Crippen LogP contribution is -2.32. The number of halogens is 5. The van der Waals surface area contributed by atoms with Crippen LogP contribution in [0.2, 0.25) is 0 Å². The molecule has 4 bridgehead atoms. The number of carbonyl (C=O) groups excluding carboxylic acids is 2. The van der Waals surface area contributed by atoms with Crippen LogP contribution in [0.1, 0.15) is 48.1 Å². The first kappa shape index (κ1) is 37.4. The van der Waals surface area contributed by atoms with Crippen molar-refractivity contribution < 1.29 is 50.9 Å². The van der Waals surface area contributed by atoms with E-state index in [1.54, 1.807) is 25.1 Å². The van der Waals surface area contributed by atoms with Crippen LogP contribution in [0.4, 0.5) is 22.0 Å². The zero-order valence-corrected chi connectivity index (χ0v) is 26.6. The second-order valence-electron chi connectivity index (χ2n) is 10.8. The maximum Gasteiger partial charge on any atom is 0.416 e. The monoisotopic (exact) mass is 674 g/mol. The van der Waals surface area contributed by atoms with Crippen LogP contribution >= 0.6 is 0 Å². The van der Waals surface area contributed by atoms with Gasteiger partial charge in [0.25, 0.3) is 0 Å². The number of carboxylic acids is 1. The van der Waals surface area contributed by atoms with E-state index in [2.05, 4.69) is 10.6 Å². The summed E-state index contributed by atoms with van der Waals surface area (Å²) in [5, 5.41) is 14.1. The molecular weight excluding hydrogens is 639 g/mol. The maximum absolute atomic E-state index is 15.1. The zero-order chi connectivity index (χ0) is 35.6. The third kappa shape index (κ3) is 9.74. The van der Waals surface area contributed by atoms with Gasteiger partial charge in [-0.1, -0.05) is 18.2 Å². The van der Waals surface area contributed by atoms with E-state index in [0.717, 1.165) is 17.8 Å². The lowest BCUT2D eigenvalue weighted by molar-refractivity contribution is -0.137. The smallest absolute Gasteiger partial charge is 0.416 e. The highest BCUT2D eigenvalue weighted by Crippen LogP contribution is 2.39. The number of aryl methyl sites for hydroxylation is 2.